The van der Waals surface area contributed by atoms with Gasteiger partial charge in [0.15, 0.2) is 0 Å². The van der Waals surface area contributed by atoms with Crippen LogP contribution < -0.4 is 0 Å². The van der Waals surface area contributed by atoms with Crippen molar-refractivity contribution in [2.75, 3.05) is 6.61 Å². The Morgan fingerprint density at radius 2 is 2.33 bits per heavy atom. The lowest BCUT2D eigenvalue weighted by Crippen LogP contribution is -2.37. The number of hydrogen-bond donors (Lipinski definition) is 1. The lowest BCUT2D eigenvalue weighted by atomic mass is 10.1. The topological polar surface area (TPSA) is 42.0 Å². The first kappa shape index (κ1) is 5.65. The molecule has 52 valence electrons. The van der Waals surface area contributed by atoms with Gasteiger partial charge >= 0.3 is 0 Å². The Kier molecular flexibility index (Phi) is 1.06. The molecule has 0 aromatic heterocycles. The molecule has 0 saturated carbocycles. The molecule has 0 aromatic rings. The molecular formula is C6H10O3. The molecule has 0 bridgehead atoms. The van der Waals surface area contributed by atoms with Crippen molar-refractivity contribution in [3.05, 3.63) is 0 Å². The average molecular weight is 130 g/mol. The first-order valence-corrected chi connectivity index (χ1v) is 3.24. The third-order valence-corrected chi connectivity index (χ3v) is 1.96. The molecule has 0 amide bonds. The highest BCUT2D eigenvalue weighted by molar-refractivity contribution is 4.96. The van der Waals surface area contributed by atoms with Crippen LogP contribution in [-0.4, -0.2) is 36.1 Å². The maximum atomic E-state index is 9.24. The van der Waals surface area contributed by atoms with Crippen LogP contribution in [0.3, 0.4) is 0 Å². The van der Waals surface area contributed by atoms with E-state index in [0.29, 0.717) is 6.61 Å². The van der Waals surface area contributed by atoms with Crippen molar-refractivity contribution in [2.24, 2.45) is 0 Å². The number of aliphatic hydroxyl groups is 1. The monoisotopic (exact) mass is 130 g/mol. The minimum Gasteiger partial charge on any atom is -0.388 e. The van der Waals surface area contributed by atoms with Crippen molar-refractivity contribution in [1.82, 2.24) is 0 Å². The van der Waals surface area contributed by atoms with E-state index in [-0.39, 0.29) is 18.3 Å². The summed E-state index contributed by atoms with van der Waals surface area (Å²) in [4.78, 5) is 0. The Labute approximate surface area is 53.6 Å². The highest BCUT2D eigenvalue weighted by Gasteiger charge is 2.50. The van der Waals surface area contributed by atoms with Crippen LogP contribution in [0, 0.1) is 0 Å². The Bertz CT molecular complexity index is 123. The molecule has 0 radical (unpaired) electrons. The van der Waals surface area contributed by atoms with Gasteiger partial charge in [0.1, 0.15) is 18.3 Å². The van der Waals surface area contributed by atoms with Gasteiger partial charge in [-0.25, -0.2) is 0 Å². The Hall–Kier alpha value is -0.120. The zero-order valence-electron chi connectivity index (χ0n) is 5.28. The summed E-state index contributed by atoms with van der Waals surface area (Å²) in [5.41, 5.74) is 0. The van der Waals surface area contributed by atoms with E-state index in [1.54, 1.807) is 0 Å². The second kappa shape index (κ2) is 1.68. The van der Waals surface area contributed by atoms with E-state index in [2.05, 4.69) is 0 Å². The fourth-order valence-electron chi connectivity index (χ4n) is 1.20. The van der Waals surface area contributed by atoms with Gasteiger partial charge in [0.2, 0.25) is 0 Å². The van der Waals surface area contributed by atoms with Gasteiger partial charge in [0, 0.05) is 0 Å². The molecule has 2 heterocycles. The molecule has 4 atom stereocenters. The van der Waals surface area contributed by atoms with Gasteiger partial charge in [0.05, 0.1) is 12.7 Å². The summed E-state index contributed by atoms with van der Waals surface area (Å²) in [7, 11) is 0. The van der Waals surface area contributed by atoms with E-state index >= 15 is 0 Å². The number of epoxide rings is 1. The Balaban J connectivity index is 2.02. The molecule has 9 heavy (non-hydrogen) atoms. The molecule has 1 N–H and O–H groups in total. The predicted octanol–water partition coefficient (Wildman–Crippen LogP) is -0.467. The SMILES string of the molecule is CC1OCC2OC2C1O. The van der Waals surface area contributed by atoms with Crippen molar-refractivity contribution in [3.8, 4) is 0 Å². The molecule has 3 heteroatoms. The molecule has 3 nitrogen and oxygen atoms in total. The minimum atomic E-state index is -0.399. The summed E-state index contributed by atoms with van der Waals surface area (Å²) < 4.78 is 10.3. The second-order valence-corrected chi connectivity index (χ2v) is 2.67. The fourth-order valence-corrected chi connectivity index (χ4v) is 1.20. The van der Waals surface area contributed by atoms with Crippen LogP contribution in [0.25, 0.3) is 0 Å². The maximum Gasteiger partial charge on any atom is 0.115 e. The van der Waals surface area contributed by atoms with E-state index < -0.39 is 6.10 Å². The number of aliphatic hydroxyl groups excluding tert-OH is 1. The van der Waals surface area contributed by atoms with Crippen LogP contribution in [0.15, 0.2) is 0 Å². The largest absolute Gasteiger partial charge is 0.388 e. The van der Waals surface area contributed by atoms with Crippen LogP contribution in [0.4, 0.5) is 0 Å². The van der Waals surface area contributed by atoms with E-state index in [1.807, 2.05) is 6.92 Å². The number of ether oxygens (including phenoxy) is 2. The third-order valence-electron chi connectivity index (χ3n) is 1.96. The summed E-state index contributed by atoms with van der Waals surface area (Å²) in [5, 5.41) is 9.24. The van der Waals surface area contributed by atoms with Gasteiger partial charge in [-0.05, 0) is 6.92 Å². The van der Waals surface area contributed by atoms with Gasteiger partial charge in [-0.2, -0.15) is 0 Å². The van der Waals surface area contributed by atoms with Crippen molar-refractivity contribution < 1.29 is 14.6 Å². The Morgan fingerprint density at radius 1 is 1.56 bits per heavy atom. The molecule has 2 rings (SSSR count). The zero-order valence-corrected chi connectivity index (χ0v) is 5.28. The van der Waals surface area contributed by atoms with Gasteiger partial charge in [-0.1, -0.05) is 0 Å². The predicted molar refractivity (Wildman–Crippen MR) is 30.1 cm³/mol. The van der Waals surface area contributed by atoms with Crippen molar-refractivity contribution in [3.63, 3.8) is 0 Å². The maximum absolute atomic E-state index is 9.24. The smallest absolute Gasteiger partial charge is 0.115 e. The summed E-state index contributed by atoms with van der Waals surface area (Å²) in [6.45, 7) is 2.52. The third kappa shape index (κ3) is 0.764. The molecule has 2 aliphatic heterocycles. The molecule has 2 fully saturated rings. The van der Waals surface area contributed by atoms with E-state index in [1.165, 1.54) is 0 Å². The zero-order chi connectivity index (χ0) is 6.43. The van der Waals surface area contributed by atoms with Crippen LogP contribution in [0.2, 0.25) is 0 Å². The summed E-state index contributed by atoms with van der Waals surface area (Å²) in [6.07, 6.45) is -0.178. The fraction of sp³-hybridized carbons (Fsp3) is 1.00. The molecule has 2 aliphatic rings. The number of hydrogen-bond acceptors (Lipinski definition) is 3. The van der Waals surface area contributed by atoms with Crippen molar-refractivity contribution in [1.29, 1.82) is 0 Å². The summed E-state index contributed by atoms with van der Waals surface area (Å²) in [6, 6.07) is 0. The van der Waals surface area contributed by atoms with Gasteiger partial charge in [-0.3, -0.25) is 0 Å². The van der Waals surface area contributed by atoms with Gasteiger partial charge in [0.25, 0.3) is 0 Å². The van der Waals surface area contributed by atoms with Crippen LogP contribution >= 0.6 is 0 Å². The lowest BCUT2D eigenvalue weighted by Gasteiger charge is -2.20. The van der Waals surface area contributed by atoms with E-state index in [9.17, 15) is 5.11 Å². The quantitative estimate of drug-likeness (QED) is 0.451. The average Bonchev–Trinajstić information content (AvgIpc) is 2.58. The van der Waals surface area contributed by atoms with E-state index in [0.717, 1.165) is 0 Å². The highest BCUT2D eigenvalue weighted by atomic mass is 16.6. The van der Waals surface area contributed by atoms with Crippen LogP contribution in [-0.2, 0) is 9.47 Å². The standard InChI is InChI=1S/C6H10O3/c1-3-5(7)6-4(9-6)2-8-3/h3-7H,2H2,1H3. The lowest BCUT2D eigenvalue weighted by molar-refractivity contribution is -0.0475. The minimum absolute atomic E-state index is 0.0475. The number of rotatable bonds is 0. The second-order valence-electron chi connectivity index (χ2n) is 2.67. The summed E-state index contributed by atoms with van der Waals surface area (Å²) >= 11 is 0. The molecule has 0 aliphatic carbocycles. The van der Waals surface area contributed by atoms with Crippen molar-refractivity contribution in [2.45, 2.75) is 31.3 Å². The first-order chi connectivity index (χ1) is 4.29. The normalized spacial score (nSPS) is 56.7. The highest BCUT2D eigenvalue weighted by Crippen LogP contribution is 2.32. The first-order valence-electron chi connectivity index (χ1n) is 3.24. The molecular weight excluding hydrogens is 120 g/mol. The Morgan fingerprint density at radius 3 is 3.00 bits per heavy atom. The number of fused-ring (bicyclic) bond motifs is 1. The molecule has 0 spiro atoms. The molecule has 2 saturated heterocycles. The van der Waals surface area contributed by atoms with Crippen LogP contribution in [0.1, 0.15) is 6.92 Å². The molecule has 0 aromatic carbocycles. The van der Waals surface area contributed by atoms with Gasteiger partial charge in [-0.15, -0.1) is 0 Å². The van der Waals surface area contributed by atoms with E-state index in [4.69, 9.17) is 9.47 Å². The van der Waals surface area contributed by atoms with Crippen molar-refractivity contribution >= 4 is 0 Å². The van der Waals surface area contributed by atoms with Gasteiger partial charge < -0.3 is 14.6 Å². The summed E-state index contributed by atoms with van der Waals surface area (Å²) in [5.74, 6) is 0. The molecule has 4 unspecified atom stereocenters. The van der Waals surface area contributed by atoms with Crippen LogP contribution in [0.5, 0.6) is 0 Å².